The molecule has 0 saturated heterocycles. The number of nitriles is 1. The molecule has 108 valence electrons. The van der Waals surface area contributed by atoms with E-state index in [9.17, 15) is 5.26 Å². The molecular weight excluding hydrogens is 270 g/mol. The second kappa shape index (κ2) is 4.99. The summed E-state index contributed by atoms with van der Waals surface area (Å²) in [5.74, 6) is 0. The number of aryl methyl sites for hydroxylation is 3. The van der Waals surface area contributed by atoms with Crippen LogP contribution < -0.4 is 0 Å². The van der Waals surface area contributed by atoms with Crippen molar-refractivity contribution in [1.82, 2.24) is 9.38 Å². The third-order valence-electron chi connectivity index (χ3n) is 4.51. The Labute approximate surface area is 129 Å². The third-order valence-corrected chi connectivity index (χ3v) is 4.51. The van der Waals surface area contributed by atoms with Gasteiger partial charge >= 0.3 is 0 Å². The fourth-order valence-corrected chi connectivity index (χ4v) is 3.34. The summed E-state index contributed by atoms with van der Waals surface area (Å²) in [5, 5.41) is 9.56. The van der Waals surface area contributed by atoms with Crippen molar-refractivity contribution >= 4 is 5.65 Å². The zero-order chi connectivity index (χ0) is 15.1. The van der Waals surface area contributed by atoms with Crippen molar-refractivity contribution in [2.24, 2.45) is 0 Å². The van der Waals surface area contributed by atoms with E-state index in [2.05, 4.69) is 24.3 Å². The molecule has 22 heavy (non-hydrogen) atoms. The molecule has 0 N–H and O–H groups in total. The van der Waals surface area contributed by atoms with Gasteiger partial charge in [-0.1, -0.05) is 12.1 Å². The number of pyridine rings is 1. The largest absolute Gasteiger partial charge is 0.291 e. The molecule has 0 atom stereocenters. The van der Waals surface area contributed by atoms with E-state index in [1.54, 1.807) is 0 Å². The summed E-state index contributed by atoms with van der Waals surface area (Å²) in [7, 11) is 0. The van der Waals surface area contributed by atoms with Gasteiger partial charge in [0.1, 0.15) is 17.4 Å². The van der Waals surface area contributed by atoms with Crippen LogP contribution in [0.4, 0.5) is 0 Å². The molecule has 2 heterocycles. The maximum atomic E-state index is 9.56. The number of hydrogen-bond donors (Lipinski definition) is 0. The molecule has 0 radical (unpaired) electrons. The molecule has 3 heteroatoms. The summed E-state index contributed by atoms with van der Waals surface area (Å²) in [6.45, 7) is 2.04. The molecule has 1 aromatic carbocycles. The highest BCUT2D eigenvalue weighted by atomic mass is 15.0. The fraction of sp³-hybridized carbons (Fsp3) is 0.263. The highest BCUT2D eigenvalue weighted by Crippen LogP contribution is 2.29. The van der Waals surface area contributed by atoms with Gasteiger partial charge in [-0.3, -0.25) is 4.40 Å². The quantitative estimate of drug-likeness (QED) is 0.677. The Kier molecular flexibility index (Phi) is 2.97. The third kappa shape index (κ3) is 2.00. The van der Waals surface area contributed by atoms with E-state index in [1.807, 2.05) is 29.7 Å². The Balaban J connectivity index is 1.92. The summed E-state index contributed by atoms with van der Waals surface area (Å²) in [6.07, 6.45) is 6.77. The summed E-state index contributed by atoms with van der Waals surface area (Å²) in [4.78, 5) is 4.70. The van der Waals surface area contributed by atoms with Crippen molar-refractivity contribution in [2.75, 3.05) is 0 Å². The monoisotopic (exact) mass is 287 g/mol. The number of imidazole rings is 1. The zero-order valence-electron chi connectivity index (χ0n) is 12.6. The predicted molar refractivity (Wildman–Crippen MR) is 86.7 cm³/mol. The van der Waals surface area contributed by atoms with Gasteiger partial charge in [0.05, 0.1) is 0 Å². The van der Waals surface area contributed by atoms with Gasteiger partial charge in [-0.15, -0.1) is 0 Å². The highest BCUT2D eigenvalue weighted by molar-refractivity contribution is 5.70. The minimum atomic E-state index is 0.616. The molecule has 3 aromatic rings. The van der Waals surface area contributed by atoms with E-state index in [0.717, 1.165) is 28.9 Å². The first-order chi connectivity index (χ1) is 10.8. The van der Waals surface area contributed by atoms with Crippen molar-refractivity contribution in [2.45, 2.75) is 32.6 Å². The minimum absolute atomic E-state index is 0.616. The van der Waals surface area contributed by atoms with Crippen molar-refractivity contribution < 1.29 is 0 Å². The lowest BCUT2D eigenvalue weighted by Crippen LogP contribution is -2.02. The van der Waals surface area contributed by atoms with Crippen LogP contribution in [0.3, 0.4) is 0 Å². The van der Waals surface area contributed by atoms with Crippen LogP contribution in [0.25, 0.3) is 16.9 Å². The normalized spacial score (nSPS) is 13.8. The number of nitrogens with zero attached hydrogens (tertiary/aromatic N) is 3. The van der Waals surface area contributed by atoms with Crippen molar-refractivity contribution in [1.29, 1.82) is 5.26 Å². The Morgan fingerprint density at radius 3 is 2.73 bits per heavy atom. The van der Waals surface area contributed by atoms with E-state index < -0.39 is 0 Å². The fourth-order valence-electron chi connectivity index (χ4n) is 3.34. The van der Waals surface area contributed by atoms with Crippen LogP contribution in [0.1, 0.15) is 35.2 Å². The van der Waals surface area contributed by atoms with Crippen molar-refractivity contribution in [3.05, 3.63) is 58.9 Å². The first-order valence-corrected chi connectivity index (χ1v) is 7.77. The lowest BCUT2D eigenvalue weighted by molar-refractivity contribution is 0.686. The molecule has 0 aliphatic heterocycles. The second-order valence-electron chi connectivity index (χ2n) is 6.04. The van der Waals surface area contributed by atoms with Crippen LogP contribution in [-0.4, -0.2) is 9.38 Å². The molecular formula is C19H17N3. The minimum Gasteiger partial charge on any atom is -0.291 e. The van der Waals surface area contributed by atoms with E-state index >= 15 is 0 Å². The number of aromatic nitrogens is 2. The Bertz CT molecular complexity index is 912. The zero-order valence-corrected chi connectivity index (χ0v) is 12.6. The first kappa shape index (κ1) is 13.1. The van der Waals surface area contributed by atoms with E-state index in [1.165, 1.54) is 30.4 Å². The van der Waals surface area contributed by atoms with Crippen LogP contribution in [0, 0.1) is 18.3 Å². The van der Waals surface area contributed by atoms with Gasteiger partial charge in [0.25, 0.3) is 0 Å². The van der Waals surface area contributed by atoms with Gasteiger partial charge in [-0.25, -0.2) is 4.98 Å². The summed E-state index contributed by atoms with van der Waals surface area (Å²) in [6, 6.07) is 12.9. The van der Waals surface area contributed by atoms with E-state index in [-0.39, 0.29) is 0 Å². The van der Waals surface area contributed by atoms with Crippen molar-refractivity contribution in [3.8, 4) is 17.3 Å². The van der Waals surface area contributed by atoms with Crippen LogP contribution >= 0.6 is 0 Å². The topological polar surface area (TPSA) is 41.1 Å². The molecule has 0 amide bonds. The average molecular weight is 287 g/mol. The average Bonchev–Trinajstić information content (AvgIpc) is 2.91. The molecule has 3 nitrogen and oxygen atoms in total. The number of hydrogen-bond acceptors (Lipinski definition) is 2. The Morgan fingerprint density at radius 1 is 1.09 bits per heavy atom. The SMILES string of the molecule is Cc1ccn2c(C#N)c(-c3ccc4c(c3)CCCC4)nc2c1. The van der Waals surface area contributed by atoms with Crippen LogP contribution in [0.5, 0.6) is 0 Å². The highest BCUT2D eigenvalue weighted by Gasteiger charge is 2.16. The Morgan fingerprint density at radius 2 is 1.91 bits per heavy atom. The smallest absolute Gasteiger partial charge is 0.152 e. The standard InChI is InChI=1S/C19H17N3/c1-13-8-9-22-17(12-20)19(21-18(22)10-13)16-7-6-14-4-2-3-5-15(14)11-16/h6-11H,2-5H2,1H3. The van der Waals surface area contributed by atoms with E-state index in [4.69, 9.17) is 4.98 Å². The molecule has 2 aromatic heterocycles. The van der Waals surface area contributed by atoms with Gasteiger partial charge in [0, 0.05) is 11.8 Å². The number of rotatable bonds is 1. The van der Waals surface area contributed by atoms with Crippen LogP contribution in [0.2, 0.25) is 0 Å². The second-order valence-corrected chi connectivity index (χ2v) is 6.04. The maximum Gasteiger partial charge on any atom is 0.152 e. The predicted octanol–water partition coefficient (Wildman–Crippen LogP) is 4.06. The molecule has 1 aliphatic carbocycles. The van der Waals surface area contributed by atoms with E-state index in [0.29, 0.717) is 5.69 Å². The molecule has 0 bridgehead atoms. The summed E-state index contributed by atoms with van der Waals surface area (Å²) >= 11 is 0. The summed E-state index contributed by atoms with van der Waals surface area (Å²) in [5.41, 5.74) is 7.32. The lowest BCUT2D eigenvalue weighted by atomic mass is 9.90. The molecule has 1 aliphatic rings. The molecule has 0 spiro atoms. The van der Waals surface area contributed by atoms with Gasteiger partial charge in [-0.2, -0.15) is 5.26 Å². The Hall–Kier alpha value is -2.60. The van der Waals surface area contributed by atoms with Crippen molar-refractivity contribution in [3.63, 3.8) is 0 Å². The van der Waals surface area contributed by atoms with Crippen LogP contribution in [0.15, 0.2) is 36.5 Å². The lowest BCUT2D eigenvalue weighted by Gasteiger charge is -2.16. The molecule has 0 fully saturated rings. The van der Waals surface area contributed by atoms with Gasteiger partial charge in [0.15, 0.2) is 5.69 Å². The van der Waals surface area contributed by atoms with Gasteiger partial charge in [-0.05, 0) is 67.5 Å². The molecule has 4 rings (SSSR count). The van der Waals surface area contributed by atoms with Gasteiger partial charge in [0.2, 0.25) is 0 Å². The molecule has 0 unspecified atom stereocenters. The number of fused-ring (bicyclic) bond motifs is 2. The van der Waals surface area contributed by atoms with Crippen LogP contribution in [-0.2, 0) is 12.8 Å². The summed E-state index contributed by atoms with van der Waals surface area (Å²) < 4.78 is 1.88. The molecule has 0 saturated carbocycles. The van der Waals surface area contributed by atoms with Gasteiger partial charge < -0.3 is 0 Å². The number of benzene rings is 1. The first-order valence-electron chi connectivity index (χ1n) is 7.77. The maximum absolute atomic E-state index is 9.56.